The molecule has 0 atom stereocenters. The normalized spacial score (nSPS) is 10.6. The molecule has 0 heterocycles. The van der Waals surface area contributed by atoms with Crippen LogP contribution in [0.2, 0.25) is 5.02 Å². The molecule has 0 saturated heterocycles. The van der Waals surface area contributed by atoms with Gasteiger partial charge in [-0.05, 0) is 36.2 Å². The molecule has 1 nitrogen and oxygen atoms in total. The maximum Gasteiger partial charge on any atom is 0.146 e. The van der Waals surface area contributed by atoms with Crippen molar-refractivity contribution in [3.8, 4) is 0 Å². The first-order valence-corrected chi connectivity index (χ1v) is 5.98. The first kappa shape index (κ1) is 13.7. The topological polar surface area (TPSA) is 12.0 Å². The van der Waals surface area contributed by atoms with E-state index in [0.29, 0.717) is 5.56 Å². The van der Waals surface area contributed by atoms with E-state index in [9.17, 15) is 13.2 Å². The monoisotopic (exact) mass is 285 g/mol. The molecule has 0 radical (unpaired) electrons. The second-order valence-corrected chi connectivity index (χ2v) is 4.59. The number of hydrogen-bond donors (Lipinski definition) is 1. The van der Waals surface area contributed by atoms with E-state index in [1.165, 1.54) is 19.1 Å². The van der Waals surface area contributed by atoms with Crippen LogP contribution < -0.4 is 5.32 Å². The highest BCUT2D eigenvalue weighted by molar-refractivity contribution is 6.30. The average molecular weight is 286 g/mol. The Kier molecular flexibility index (Phi) is 4.00. The molecule has 5 heteroatoms. The third kappa shape index (κ3) is 3.20. The molecule has 0 aromatic heterocycles. The number of hydrogen-bond acceptors (Lipinski definition) is 1. The standard InChI is InChI=1S/C14H11ClF3N/c1-8-4-13(18)14(6-11(8)16)19-7-9-2-3-10(15)12(17)5-9/h2-6,19H,7H2,1H3. The Morgan fingerprint density at radius 2 is 1.74 bits per heavy atom. The molecule has 0 saturated carbocycles. The Balaban J connectivity index is 2.14. The molecule has 0 spiro atoms. The lowest BCUT2D eigenvalue weighted by Gasteiger charge is -2.09. The SMILES string of the molecule is Cc1cc(F)c(NCc2ccc(Cl)c(F)c2)cc1F. The van der Waals surface area contributed by atoms with Gasteiger partial charge in [-0.25, -0.2) is 13.2 Å². The molecule has 0 aliphatic rings. The summed E-state index contributed by atoms with van der Waals surface area (Å²) in [6, 6.07) is 6.47. The molecule has 0 amide bonds. The minimum absolute atomic E-state index is 0.0244. The van der Waals surface area contributed by atoms with Crippen LogP contribution in [-0.2, 0) is 6.54 Å². The van der Waals surface area contributed by atoms with Gasteiger partial charge in [0.25, 0.3) is 0 Å². The van der Waals surface area contributed by atoms with E-state index < -0.39 is 17.5 Å². The molecule has 1 N–H and O–H groups in total. The van der Waals surface area contributed by atoms with Crippen LogP contribution in [0.4, 0.5) is 18.9 Å². The van der Waals surface area contributed by atoms with Gasteiger partial charge in [-0.15, -0.1) is 0 Å². The maximum atomic E-state index is 13.6. The van der Waals surface area contributed by atoms with Gasteiger partial charge < -0.3 is 5.32 Å². The molecule has 100 valence electrons. The Morgan fingerprint density at radius 1 is 1.00 bits per heavy atom. The van der Waals surface area contributed by atoms with E-state index in [1.807, 2.05) is 0 Å². The molecule has 2 rings (SSSR count). The van der Waals surface area contributed by atoms with E-state index in [-0.39, 0.29) is 22.8 Å². The van der Waals surface area contributed by atoms with Crippen molar-refractivity contribution in [2.24, 2.45) is 0 Å². The van der Waals surface area contributed by atoms with Gasteiger partial charge >= 0.3 is 0 Å². The fraction of sp³-hybridized carbons (Fsp3) is 0.143. The van der Waals surface area contributed by atoms with Crippen molar-refractivity contribution in [1.82, 2.24) is 0 Å². The summed E-state index contributed by atoms with van der Waals surface area (Å²) in [6.45, 7) is 1.66. The largest absolute Gasteiger partial charge is 0.379 e. The highest BCUT2D eigenvalue weighted by atomic mass is 35.5. The lowest BCUT2D eigenvalue weighted by atomic mass is 10.2. The second kappa shape index (κ2) is 5.53. The van der Waals surface area contributed by atoms with Gasteiger partial charge in [0.1, 0.15) is 17.5 Å². The van der Waals surface area contributed by atoms with Gasteiger partial charge in [0.05, 0.1) is 10.7 Å². The van der Waals surface area contributed by atoms with Crippen molar-refractivity contribution < 1.29 is 13.2 Å². The van der Waals surface area contributed by atoms with E-state index in [1.54, 1.807) is 6.07 Å². The maximum absolute atomic E-state index is 13.6. The van der Waals surface area contributed by atoms with E-state index in [0.717, 1.165) is 12.1 Å². The van der Waals surface area contributed by atoms with Crippen molar-refractivity contribution in [3.05, 3.63) is 63.9 Å². The molecular formula is C14H11ClF3N. The zero-order valence-corrected chi connectivity index (χ0v) is 10.9. The molecule has 0 aliphatic heterocycles. The summed E-state index contributed by atoms with van der Waals surface area (Å²) in [7, 11) is 0. The predicted molar refractivity (Wildman–Crippen MR) is 69.8 cm³/mol. The average Bonchev–Trinajstić information content (AvgIpc) is 2.36. The minimum Gasteiger partial charge on any atom is -0.379 e. The van der Waals surface area contributed by atoms with E-state index in [4.69, 9.17) is 11.6 Å². The first-order valence-electron chi connectivity index (χ1n) is 5.61. The first-order chi connectivity index (χ1) is 8.97. The fourth-order valence-electron chi connectivity index (χ4n) is 1.63. The Bertz CT molecular complexity index is 614. The van der Waals surface area contributed by atoms with Gasteiger partial charge in [-0.1, -0.05) is 17.7 Å². The van der Waals surface area contributed by atoms with Crippen LogP contribution in [0, 0.1) is 24.4 Å². The highest BCUT2D eigenvalue weighted by Gasteiger charge is 2.07. The van der Waals surface area contributed by atoms with Crippen LogP contribution in [0.1, 0.15) is 11.1 Å². The minimum atomic E-state index is -0.548. The van der Waals surface area contributed by atoms with Crippen molar-refractivity contribution >= 4 is 17.3 Å². The Morgan fingerprint density at radius 3 is 2.42 bits per heavy atom. The molecule has 0 bridgehead atoms. The molecule has 2 aromatic rings. The Hall–Kier alpha value is -1.68. The van der Waals surface area contributed by atoms with Crippen LogP contribution >= 0.6 is 11.6 Å². The van der Waals surface area contributed by atoms with E-state index in [2.05, 4.69) is 5.32 Å². The van der Waals surface area contributed by atoms with Crippen molar-refractivity contribution in [2.45, 2.75) is 13.5 Å². The Labute approximate surface area is 114 Å². The molecule has 0 aliphatic carbocycles. The van der Waals surface area contributed by atoms with Crippen LogP contribution in [0.15, 0.2) is 30.3 Å². The van der Waals surface area contributed by atoms with Crippen molar-refractivity contribution in [3.63, 3.8) is 0 Å². The molecule has 0 unspecified atom stereocenters. The molecule has 19 heavy (non-hydrogen) atoms. The summed E-state index contributed by atoms with van der Waals surface area (Å²) >= 11 is 5.56. The highest BCUT2D eigenvalue weighted by Crippen LogP contribution is 2.21. The van der Waals surface area contributed by atoms with Crippen LogP contribution in [-0.4, -0.2) is 0 Å². The third-order valence-electron chi connectivity index (χ3n) is 2.72. The van der Waals surface area contributed by atoms with Gasteiger partial charge in [0.15, 0.2) is 0 Å². The second-order valence-electron chi connectivity index (χ2n) is 4.18. The number of benzene rings is 2. The predicted octanol–water partition coefficient (Wildman–Crippen LogP) is 4.68. The number of nitrogens with one attached hydrogen (secondary N) is 1. The fourth-order valence-corrected chi connectivity index (χ4v) is 1.75. The smallest absolute Gasteiger partial charge is 0.146 e. The van der Waals surface area contributed by atoms with Crippen molar-refractivity contribution in [2.75, 3.05) is 5.32 Å². The molecule has 2 aromatic carbocycles. The summed E-state index contributed by atoms with van der Waals surface area (Å²) in [5, 5.41) is 2.74. The van der Waals surface area contributed by atoms with Gasteiger partial charge in [0, 0.05) is 12.6 Å². The number of anilines is 1. The van der Waals surface area contributed by atoms with Crippen LogP contribution in [0.5, 0.6) is 0 Å². The van der Waals surface area contributed by atoms with Crippen LogP contribution in [0.3, 0.4) is 0 Å². The van der Waals surface area contributed by atoms with Gasteiger partial charge in [-0.3, -0.25) is 0 Å². The lowest BCUT2D eigenvalue weighted by molar-refractivity contribution is 0.594. The molecule has 0 fully saturated rings. The zero-order valence-electron chi connectivity index (χ0n) is 10.1. The summed E-state index contributed by atoms with van der Waals surface area (Å²) in [4.78, 5) is 0. The quantitative estimate of drug-likeness (QED) is 0.863. The van der Waals surface area contributed by atoms with E-state index >= 15 is 0 Å². The number of rotatable bonds is 3. The summed E-state index contributed by atoms with van der Waals surface area (Å²) in [6.07, 6.45) is 0. The van der Waals surface area contributed by atoms with Crippen molar-refractivity contribution in [1.29, 1.82) is 0 Å². The number of halogens is 4. The summed E-state index contributed by atoms with van der Waals surface area (Å²) in [5.41, 5.74) is 0.862. The number of aryl methyl sites for hydroxylation is 1. The third-order valence-corrected chi connectivity index (χ3v) is 3.02. The van der Waals surface area contributed by atoms with Gasteiger partial charge in [-0.2, -0.15) is 0 Å². The summed E-state index contributed by atoms with van der Waals surface area (Å²) in [5.74, 6) is -1.59. The lowest BCUT2D eigenvalue weighted by Crippen LogP contribution is -2.03. The van der Waals surface area contributed by atoms with Gasteiger partial charge in [0.2, 0.25) is 0 Å². The molecular weight excluding hydrogens is 275 g/mol. The summed E-state index contributed by atoms with van der Waals surface area (Å²) < 4.78 is 40.1. The zero-order chi connectivity index (χ0) is 14.0. The van der Waals surface area contributed by atoms with Crippen LogP contribution in [0.25, 0.3) is 0 Å².